The number of amides is 1. The number of hydrogen-bond acceptors (Lipinski definition) is 3. The number of hydrogen-bond donors (Lipinski definition) is 2. The van der Waals surface area contributed by atoms with Crippen LogP contribution in [0, 0.1) is 17.3 Å². The summed E-state index contributed by atoms with van der Waals surface area (Å²) in [5, 5.41) is 4.72. The minimum atomic E-state index is -0.0445. The summed E-state index contributed by atoms with van der Waals surface area (Å²) in [4.78, 5) is 12.7. The van der Waals surface area contributed by atoms with Gasteiger partial charge in [-0.05, 0) is 11.5 Å². The maximum absolute atomic E-state index is 11.8. The van der Waals surface area contributed by atoms with Crippen LogP contribution < -0.4 is 11.1 Å². The van der Waals surface area contributed by atoms with E-state index in [2.05, 4.69) is 37.9 Å². The molecule has 0 saturated carbocycles. The highest BCUT2D eigenvalue weighted by molar-refractivity contribution is 7.10. The average molecular weight is 250 g/mol. The van der Waals surface area contributed by atoms with Crippen molar-refractivity contribution in [2.45, 2.75) is 20.8 Å². The Bertz CT molecular complexity index is 446. The molecular weight excluding hydrogens is 232 g/mol. The molecule has 4 heteroatoms. The van der Waals surface area contributed by atoms with Gasteiger partial charge in [-0.3, -0.25) is 4.79 Å². The smallest absolute Gasteiger partial charge is 0.252 e. The molecule has 17 heavy (non-hydrogen) atoms. The Kier molecular flexibility index (Phi) is 4.73. The Hall–Kier alpha value is -1.31. The van der Waals surface area contributed by atoms with Gasteiger partial charge in [-0.15, -0.1) is 11.3 Å². The molecule has 0 fully saturated rings. The van der Waals surface area contributed by atoms with Crippen molar-refractivity contribution in [1.29, 1.82) is 0 Å². The minimum absolute atomic E-state index is 0.0445. The fraction of sp³-hybridized carbons (Fsp3) is 0.462. The van der Waals surface area contributed by atoms with E-state index in [9.17, 15) is 4.79 Å². The molecule has 0 aliphatic carbocycles. The SMILES string of the molecule is CC(C)(C)CNC(=O)c1csc(C#CCN)c1. The molecule has 0 unspecified atom stereocenters. The minimum Gasteiger partial charge on any atom is -0.351 e. The first-order chi connectivity index (χ1) is 7.92. The molecule has 0 spiro atoms. The summed E-state index contributed by atoms with van der Waals surface area (Å²) in [5.41, 5.74) is 6.05. The second-order valence-electron chi connectivity index (χ2n) is 4.95. The summed E-state index contributed by atoms with van der Waals surface area (Å²) in [6.45, 7) is 7.24. The second kappa shape index (κ2) is 5.85. The van der Waals surface area contributed by atoms with E-state index in [4.69, 9.17) is 5.73 Å². The molecule has 0 bridgehead atoms. The maximum Gasteiger partial charge on any atom is 0.252 e. The normalized spacial score (nSPS) is 10.6. The highest BCUT2D eigenvalue weighted by atomic mass is 32.1. The molecule has 92 valence electrons. The highest BCUT2D eigenvalue weighted by Crippen LogP contribution is 2.15. The van der Waals surface area contributed by atoms with Gasteiger partial charge in [0.05, 0.1) is 17.0 Å². The van der Waals surface area contributed by atoms with Gasteiger partial charge in [-0.1, -0.05) is 32.6 Å². The summed E-state index contributed by atoms with van der Waals surface area (Å²) in [7, 11) is 0. The van der Waals surface area contributed by atoms with Crippen LogP contribution in [0.3, 0.4) is 0 Å². The molecule has 3 N–H and O–H groups in total. The van der Waals surface area contributed by atoms with Crippen LogP contribution in [-0.2, 0) is 0 Å². The Morgan fingerprint density at radius 3 is 2.82 bits per heavy atom. The fourth-order valence-electron chi connectivity index (χ4n) is 1.11. The van der Waals surface area contributed by atoms with Crippen LogP contribution in [0.1, 0.15) is 36.0 Å². The summed E-state index contributed by atoms with van der Waals surface area (Å²) < 4.78 is 0. The van der Waals surface area contributed by atoms with Gasteiger partial charge in [0.2, 0.25) is 0 Å². The van der Waals surface area contributed by atoms with Crippen molar-refractivity contribution in [2.75, 3.05) is 13.1 Å². The van der Waals surface area contributed by atoms with Gasteiger partial charge in [-0.2, -0.15) is 0 Å². The first-order valence-corrected chi connectivity index (χ1v) is 6.36. The predicted octanol–water partition coefficient (Wildman–Crippen LogP) is 1.83. The monoisotopic (exact) mass is 250 g/mol. The molecule has 0 aromatic carbocycles. The van der Waals surface area contributed by atoms with Gasteiger partial charge in [0.25, 0.3) is 5.91 Å². The van der Waals surface area contributed by atoms with Crippen LogP contribution in [0.5, 0.6) is 0 Å². The summed E-state index contributed by atoms with van der Waals surface area (Å²) >= 11 is 1.46. The fourth-order valence-corrected chi connectivity index (χ4v) is 1.86. The summed E-state index contributed by atoms with van der Waals surface area (Å²) in [5.74, 6) is 5.64. The van der Waals surface area contributed by atoms with Crippen molar-refractivity contribution in [3.8, 4) is 11.8 Å². The average Bonchev–Trinajstić information content (AvgIpc) is 2.70. The van der Waals surface area contributed by atoms with E-state index >= 15 is 0 Å². The van der Waals surface area contributed by atoms with Crippen LogP contribution >= 0.6 is 11.3 Å². The number of nitrogens with two attached hydrogens (primary N) is 1. The van der Waals surface area contributed by atoms with E-state index in [1.54, 1.807) is 6.07 Å². The van der Waals surface area contributed by atoms with Crippen molar-refractivity contribution in [3.63, 3.8) is 0 Å². The molecule has 1 aromatic rings. The van der Waals surface area contributed by atoms with E-state index in [0.29, 0.717) is 18.7 Å². The third-order valence-electron chi connectivity index (χ3n) is 1.95. The molecular formula is C13H18N2OS. The molecule has 1 amide bonds. The van der Waals surface area contributed by atoms with Crippen molar-refractivity contribution in [2.24, 2.45) is 11.1 Å². The Morgan fingerprint density at radius 2 is 2.24 bits per heavy atom. The van der Waals surface area contributed by atoms with Gasteiger partial charge in [0, 0.05) is 11.9 Å². The first kappa shape index (κ1) is 13.8. The van der Waals surface area contributed by atoms with Crippen LogP contribution in [-0.4, -0.2) is 19.0 Å². The molecule has 1 heterocycles. The quantitative estimate of drug-likeness (QED) is 0.787. The second-order valence-corrected chi connectivity index (χ2v) is 5.86. The maximum atomic E-state index is 11.8. The number of thiophene rings is 1. The van der Waals surface area contributed by atoms with Crippen LogP contribution in [0.2, 0.25) is 0 Å². The van der Waals surface area contributed by atoms with Gasteiger partial charge < -0.3 is 11.1 Å². The molecule has 1 aromatic heterocycles. The molecule has 3 nitrogen and oxygen atoms in total. The lowest BCUT2D eigenvalue weighted by Crippen LogP contribution is -2.31. The standard InChI is InChI=1S/C13H18N2OS/c1-13(2,3)9-15-12(16)10-7-11(17-8-10)5-4-6-14/h7-8H,6,9,14H2,1-3H3,(H,15,16). The van der Waals surface area contributed by atoms with Crippen molar-refractivity contribution in [3.05, 3.63) is 21.9 Å². The number of carbonyl (C=O) groups is 1. The summed E-state index contributed by atoms with van der Waals surface area (Å²) in [6, 6.07) is 1.80. The lowest BCUT2D eigenvalue weighted by atomic mass is 9.97. The van der Waals surface area contributed by atoms with Gasteiger partial charge in [0.1, 0.15) is 0 Å². The van der Waals surface area contributed by atoms with Crippen LogP contribution in [0.15, 0.2) is 11.4 Å². The van der Waals surface area contributed by atoms with Crippen LogP contribution in [0.4, 0.5) is 0 Å². The van der Waals surface area contributed by atoms with Crippen LogP contribution in [0.25, 0.3) is 0 Å². The van der Waals surface area contributed by atoms with E-state index in [1.165, 1.54) is 11.3 Å². The lowest BCUT2D eigenvalue weighted by molar-refractivity contribution is 0.0940. The Labute approximate surface area is 106 Å². The van der Waals surface area contributed by atoms with Gasteiger partial charge in [0.15, 0.2) is 0 Å². The Balaban J connectivity index is 2.61. The highest BCUT2D eigenvalue weighted by Gasteiger charge is 2.13. The molecule has 0 radical (unpaired) electrons. The molecule has 0 aliphatic rings. The molecule has 1 rings (SSSR count). The van der Waals surface area contributed by atoms with Gasteiger partial charge in [-0.25, -0.2) is 0 Å². The van der Waals surface area contributed by atoms with E-state index in [-0.39, 0.29) is 11.3 Å². The van der Waals surface area contributed by atoms with Crippen molar-refractivity contribution < 1.29 is 4.79 Å². The number of nitrogens with one attached hydrogen (secondary N) is 1. The zero-order chi connectivity index (χ0) is 12.9. The zero-order valence-corrected chi connectivity index (χ0v) is 11.3. The molecule has 0 saturated heterocycles. The molecule has 0 atom stereocenters. The van der Waals surface area contributed by atoms with Gasteiger partial charge >= 0.3 is 0 Å². The van der Waals surface area contributed by atoms with Crippen molar-refractivity contribution >= 4 is 17.2 Å². The van der Waals surface area contributed by atoms with Crippen molar-refractivity contribution in [1.82, 2.24) is 5.32 Å². The predicted molar refractivity (Wildman–Crippen MR) is 72.0 cm³/mol. The zero-order valence-electron chi connectivity index (χ0n) is 10.5. The van der Waals surface area contributed by atoms with E-state index < -0.39 is 0 Å². The molecule has 0 aliphatic heterocycles. The lowest BCUT2D eigenvalue weighted by Gasteiger charge is -2.18. The third kappa shape index (κ3) is 5.03. The topological polar surface area (TPSA) is 55.1 Å². The number of carbonyl (C=O) groups excluding carboxylic acids is 1. The van der Waals surface area contributed by atoms with E-state index in [0.717, 1.165) is 4.88 Å². The first-order valence-electron chi connectivity index (χ1n) is 5.48. The van der Waals surface area contributed by atoms with E-state index in [1.807, 2.05) is 5.38 Å². The summed E-state index contributed by atoms with van der Waals surface area (Å²) in [6.07, 6.45) is 0. The third-order valence-corrected chi connectivity index (χ3v) is 2.80. The Morgan fingerprint density at radius 1 is 1.53 bits per heavy atom. The number of rotatable bonds is 2. The largest absolute Gasteiger partial charge is 0.351 e.